The quantitative estimate of drug-likeness (QED) is 0.625. The minimum absolute atomic E-state index is 0.0292. The number of methoxy groups -OCH3 is 1. The van der Waals surface area contributed by atoms with E-state index in [1.807, 2.05) is 0 Å². The van der Waals surface area contributed by atoms with Crippen molar-refractivity contribution in [1.82, 2.24) is 0 Å². The molecule has 6 heteroatoms. The third-order valence-electron chi connectivity index (χ3n) is 2.40. The molecule has 0 bridgehead atoms. The van der Waals surface area contributed by atoms with Gasteiger partial charge in [0.25, 0.3) is 5.69 Å². The molecule has 0 atom stereocenters. The van der Waals surface area contributed by atoms with Gasteiger partial charge in [-0.1, -0.05) is 0 Å². The lowest BCUT2D eigenvalue weighted by Gasteiger charge is -2.09. The van der Waals surface area contributed by atoms with Crippen molar-refractivity contribution in [2.75, 3.05) is 7.11 Å². The molecule has 0 aliphatic carbocycles. The average Bonchev–Trinajstić information content (AvgIpc) is 2.41. The fraction of sp³-hybridized carbons (Fsp3) is 0.0769. The minimum atomic E-state index is -0.498. The standard InChI is InChI=1S/C13H10FNO4/c1-18-13-8-9(14)2-7-12(13)19-11-5-3-10(4-6-11)15(16)17/h2-8H,1H3. The predicted molar refractivity (Wildman–Crippen MR) is 66.1 cm³/mol. The van der Waals surface area contributed by atoms with E-state index in [1.165, 1.54) is 49.6 Å². The Hall–Kier alpha value is -2.63. The van der Waals surface area contributed by atoms with Crippen LogP contribution >= 0.6 is 0 Å². The van der Waals surface area contributed by atoms with Crippen LogP contribution < -0.4 is 9.47 Å². The summed E-state index contributed by atoms with van der Waals surface area (Å²) in [5.74, 6) is 0.541. The Balaban J connectivity index is 2.23. The SMILES string of the molecule is COc1cc(F)ccc1Oc1ccc([N+](=O)[O-])cc1. The summed E-state index contributed by atoms with van der Waals surface area (Å²) in [6.45, 7) is 0. The molecule has 0 aliphatic rings. The molecule has 2 aromatic rings. The molecule has 19 heavy (non-hydrogen) atoms. The normalized spacial score (nSPS) is 10.0. The molecule has 2 rings (SSSR count). The van der Waals surface area contributed by atoms with E-state index < -0.39 is 10.7 Å². The highest BCUT2D eigenvalue weighted by Gasteiger charge is 2.09. The lowest BCUT2D eigenvalue weighted by Crippen LogP contribution is -1.92. The summed E-state index contributed by atoms with van der Waals surface area (Å²) in [6, 6.07) is 9.43. The third-order valence-corrected chi connectivity index (χ3v) is 2.40. The summed E-state index contributed by atoms with van der Waals surface area (Å²) < 4.78 is 23.5. The van der Waals surface area contributed by atoms with E-state index >= 15 is 0 Å². The average molecular weight is 263 g/mol. The van der Waals surface area contributed by atoms with E-state index in [-0.39, 0.29) is 11.4 Å². The molecule has 0 fully saturated rings. The van der Waals surface area contributed by atoms with Crippen LogP contribution in [-0.4, -0.2) is 12.0 Å². The number of hydrogen-bond donors (Lipinski definition) is 0. The minimum Gasteiger partial charge on any atom is -0.493 e. The van der Waals surface area contributed by atoms with Crippen LogP contribution in [0.5, 0.6) is 17.2 Å². The van der Waals surface area contributed by atoms with Gasteiger partial charge >= 0.3 is 0 Å². The number of halogens is 1. The van der Waals surface area contributed by atoms with Crippen molar-refractivity contribution in [1.29, 1.82) is 0 Å². The Morgan fingerprint density at radius 3 is 2.37 bits per heavy atom. The molecule has 5 nitrogen and oxygen atoms in total. The summed E-state index contributed by atoms with van der Waals surface area (Å²) >= 11 is 0. The summed E-state index contributed by atoms with van der Waals surface area (Å²) in [7, 11) is 1.40. The van der Waals surface area contributed by atoms with Crippen LogP contribution in [0, 0.1) is 15.9 Å². The molecular weight excluding hydrogens is 253 g/mol. The first-order valence-electron chi connectivity index (χ1n) is 5.36. The molecule has 0 aromatic heterocycles. The van der Waals surface area contributed by atoms with Crippen molar-refractivity contribution < 1.29 is 18.8 Å². The van der Waals surface area contributed by atoms with E-state index in [0.717, 1.165) is 0 Å². The van der Waals surface area contributed by atoms with Crippen molar-refractivity contribution in [2.24, 2.45) is 0 Å². The lowest BCUT2D eigenvalue weighted by atomic mass is 10.3. The van der Waals surface area contributed by atoms with Gasteiger partial charge in [-0.05, 0) is 24.3 Å². The summed E-state index contributed by atoms with van der Waals surface area (Å²) in [5.41, 5.74) is -0.0292. The predicted octanol–water partition coefficient (Wildman–Crippen LogP) is 3.53. The smallest absolute Gasteiger partial charge is 0.269 e. The monoisotopic (exact) mass is 263 g/mol. The topological polar surface area (TPSA) is 61.6 Å². The van der Waals surface area contributed by atoms with Gasteiger partial charge < -0.3 is 9.47 Å². The van der Waals surface area contributed by atoms with Crippen LogP contribution in [0.25, 0.3) is 0 Å². The molecule has 0 radical (unpaired) electrons. The first-order valence-corrected chi connectivity index (χ1v) is 5.36. The van der Waals surface area contributed by atoms with E-state index in [2.05, 4.69) is 0 Å². The molecule has 0 N–H and O–H groups in total. The second-order valence-electron chi connectivity index (χ2n) is 3.65. The highest BCUT2D eigenvalue weighted by Crippen LogP contribution is 2.32. The molecule has 0 saturated heterocycles. The van der Waals surface area contributed by atoms with Gasteiger partial charge in [-0.15, -0.1) is 0 Å². The zero-order chi connectivity index (χ0) is 13.8. The number of non-ortho nitro benzene ring substituents is 1. The second-order valence-corrected chi connectivity index (χ2v) is 3.65. The molecule has 0 heterocycles. The van der Waals surface area contributed by atoms with Crippen LogP contribution in [0.3, 0.4) is 0 Å². The van der Waals surface area contributed by atoms with Gasteiger partial charge in [0.05, 0.1) is 12.0 Å². The highest BCUT2D eigenvalue weighted by atomic mass is 19.1. The number of nitro benzene ring substituents is 1. The number of nitro groups is 1. The molecule has 0 saturated carbocycles. The number of benzene rings is 2. The second kappa shape index (κ2) is 5.34. The Bertz CT molecular complexity index is 598. The van der Waals surface area contributed by atoms with E-state index in [0.29, 0.717) is 11.5 Å². The fourth-order valence-corrected chi connectivity index (χ4v) is 1.49. The lowest BCUT2D eigenvalue weighted by molar-refractivity contribution is -0.384. The highest BCUT2D eigenvalue weighted by molar-refractivity contribution is 5.44. The van der Waals surface area contributed by atoms with Gasteiger partial charge in [-0.3, -0.25) is 10.1 Å². The first-order chi connectivity index (χ1) is 9.10. The maximum atomic E-state index is 13.0. The van der Waals surface area contributed by atoms with Crippen LogP contribution in [0.4, 0.5) is 10.1 Å². The van der Waals surface area contributed by atoms with Crippen molar-refractivity contribution in [2.45, 2.75) is 0 Å². The van der Waals surface area contributed by atoms with Crippen LogP contribution in [-0.2, 0) is 0 Å². The van der Waals surface area contributed by atoms with E-state index in [1.54, 1.807) is 0 Å². The number of rotatable bonds is 4. The Labute approximate surface area is 108 Å². The number of ether oxygens (including phenoxy) is 2. The molecule has 98 valence electrons. The van der Waals surface area contributed by atoms with E-state index in [4.69, 9.17) is 9.47 Å². The van der Waals surface area contributed by atoms with Crippen LogP contribution in [0.15, 0.2) is 42.5 Å². The molecule has 0 spiro atoms. The van der Waals surface area contributed by atoms with Gasteiger partial charge in [0.15, 0.2) is 11.5 Å². The first kappa shape index (κ1) is 12.8. The third kappa shape index (κ3) is 2.98. The summed E-state index contributed by atoms with van der Waals surface area (Å²) in [5, 5.41) is 10.5. The molecule has 2 aromatic carbocycles. The van der Waals surface area contributed by atoms with E-state index in [9.17, 15) is 14.5 Å². The maximum absolute atomic E-state index is 13.0. The molecule has 0 amide bonds. The molecule has 0 aliphatic heterocycles. The summed E-state index contributed by atoms with van der Waals surface area (Å²) in [6.07, 6.45) is 0. The Morgan fingerprint density at radius 2 is 1.79 bits per heavy atom. The molecule has 0 unspecified atom stereocenters. The zero-order valence-corrected chi connectivity index (χ0v) is 10.00. The number of nitrogens with zero attached hydrogens (tertiary/aromatic N) is 1. The summed E-state index contributed by atoms with van der Waals surface area (Å²) in [4.78, 5) is 10.0. The Morgan fingerprint density at radius 1 is 1.11 bits per heavy atom. The molecular formula is C13H10FNO4. The van der Waals surface area contributed by atoms with Gasteiger partial charge in [0, 0.05) is 18.2 Å². The van der Waals surface area contributed by atoms with Crippen molar-refractivity contribution in [3.05, 3.63) is 58.4 Å². The van der Waals surface area contributed by atoms with Gasteiger partial charge in [0.2, 0.25) is 0 Å². The zero-order valence-electron chi connectivity index (χ0n) is 10.00. The largest absolute Gasteiger partial charge is 0.493 e. The van der Waals surface area contributed by atoms with Crippen molar-refractivity contribution >= 4 is 5.69 Å². The number of hydrogen-bond acceptors (Lipinski definition) is 4. The maximum Gasteiger partial charge on any atom is 0.269 e. The van der Waals surface area contributed by atoms with Crippen LogP contribution in [0.2, 0.25) is 0 Å². The van der Waals surface area contributed by atoms with Gasteiger partial charge in [-0.2, -0.15) is 0 Å². The Kier molecular flexibility index (Phi) is 3.61. The van der Waals surface area contributed by atoms with Crippen molar-refractivity contribution in [3.63, 3.8) is 0 Å². The van der Waals surface area contributed by atoms with Gasteiger partial charge in [0.1, 0.15) is 11.6 Å². The fourth-order valence-electron chi connectivity index (χ4n) is 1.49. The van der Waals surface area contributed by atoms with Gasteiger partial charge in [-0.25, -0.2) is 4.39 Å². The van der Waals surface area contributed by atoms with Crippen LogP contribution in [0.1, 0.15) is 0 Å². The van der Waals surface area contributed by atoms with Crippen molar-refractivity contribution in [3.8, 4) is 17.2 Å².